The maximum atomic E-state index is 12.2. The Balaban J connectivity index is 0.00000144. The van der Waals surface area contributed by atoms with Crippen molar-refractivity contribution >= 4 is 29.7 Å². The van der Waals surface area contributed by atoms with Gasteiger partial charge in [0.1, 0.15) is 0 Å². The van der Waals surface area contributed by atoms with Crippen LogP contribution in [0, 0.1) is 6.92 Å². The number of carbonyl (C=O) groups is 1. The molecule has 17 heavy (non-hydrogen) atoms. The van der Waals surface area contributed by atoms with Gasteiger partial charge in [-0.3, -0.25) is 4.79 Å². The van der Waals surface area contributed by atoms with Crippen LogP contribution >= 0.6 is 23.7 Å². The summed E-state index contributed by atoms with van der Waals surface area (Å²) in [6.07, 6.45) is 2.27. The molecule has 3 nitrogen and oxygen atoms in total. The van der Waals surface area contributed by atoms with E-state index in [2.05, 4.69) is 5.32 Å². The van der Waals surface area contributed by atoms with Crippen LogP contribution in [-0.4, -0.2) is 37.0 Å². The van der Waals surface area contributed by atoms with Crippen LogP contribution < -0.4 is 5.32 Å². The molecule has 0 bridgehead atoms. The SMILES string of the molecule is Cc1ccsc1C(=O)N(C)C1CCCNC1.Cl. The zero-order chi connectivity index (χ0) is 11.5. The second kappa shape index (κ2) is 6.38. The molecule has 1 aliphatic heterocycles. The van der Waals surface area contributed by atoms with Gasteiger partial charge >= 0.3 is 0 Å². The third kappa shape index (κ3) is 3.21. The largest absolute Gasteiger partial charge is 0.337 e. The Hall–Kier alpha value is -0.580. The summed E-state index contributed by atoms with van der Waals surface area (Å²) < 4.78 is 0. The number of hydrogen-bond donors (Lipinski definition) is 1. The summed E-state index contributed by atoms with van der Waals surface area (Å²) in [4.78, 5) is 15.0. The average molecular weight is 275 g/mol. The number of nitrogens with zero attached hydrogens (tertiary/aromatic N) is 1. The predicted molar refractivity (Wildman–Crippen MR) is 74.3 cm³/mol. The highest BCUT2D eigenvalue weighted by Crippen LogP contribution is 2.19. The van der Waals surface area contributed by atoms with Crippen LogP contribution in [0.5, 0.6) is 0 Å². The van der Waals surface area contributed by atoms with Gasteiger partial charge in [-0.1, -0.05) is 0 Å². The van der Waals surface area contributed by atoms with E-state index in [4.69, 9.17) is 0 Å². The number of rotatable bonds is 2. The number of piperidine rings is 1. The fourth-order valence-corrected chi connectivity index (χ4v) is 2.99. The maximum Gasteiger partial charge on any atom is 0.264 e. The molecule has 0 saturated carbocycles. The molecule has 1 aromatic rings. The number of carbonyl (C=O) groups excluding carboxylic acids is 1. The van der Waals surface area contributed by atoms with Gasteiger partial charge in [-0.05, 0) is 43.3 Å². The number of aryl methyl sites for hydroxylation is 1. The third-order valence-electron chi connectivity index (χ3n) is 3.20. The molecule has 1 amide bonds. The van der Waals surface area contributed by atoms with Crippen molar-refractivity contribution < 1.29 is 4.79 Å². The van der Waals surface area contributed by atoms with E-state index in [-0.39, 0.29) is 18.3 Å². The summed E-state index contributed by atoms with van der Waals surface area (Å²) >= 11 is 1.54. The molecule has 5 heteroatoms. The molecule has 0 radical (unpaired) electrons. The van der Waals surface area contributed by atoms with Crippen molar-refractivity contribution in [1.82, 2.24) is 10.2 Å². The summed E-state index contributed by atoms with van der Waals surface area (Å²) in [6, 6.07) is 2.35. The van der Waals surface area contributed by atoms with E-state index in [1.165, 1.54) is 11.3 Å². The fraction of sp³-hybridized carbons (Fsp3) is 0.583. The summed E-state index contributed by atoms with van der Waals surface area (Å²) in [5.74, 6) is 0.168. The Kier molecular flexibility index (Phi) is 5.43. The van der Waals surface area contributed by atoms with Crippen molar-refractivity contribution in [3.63, 3.8) is 0 Å². The maximum absolute atomic E-state index is 12.2. The van der Waals surface area contributed by atoms with Crippen molar-refractivity contribution in [3.8, 4) is 0 Å². The minimum atomic E-state index is 0. The summed E-state index contributed by atoms with van der Waals surface area (Å²) in [5, 5.41) is 5.32. The van der Waals surface area contributed by atoms with Gasteiger partial charge in [0, 0.05) is 19.6 Å². The number of amides is 1. The first-order valence-electron chi connectivity index (χ1n) is 5.72. The van der Waals surface area contributed by atoms with Crippen molar-refractivity contribution in [2.24, 2.45) is 0 Å². The highest BCUT2D eigenvalue weighted by Gasteiger charge is 2.24. The molecule has 0 spiro atoms. The van der Waals surface area contributed by atoms with Gasteiger partial charge in [-0.25, -0.2) is 0 Å². The van der Waals surface area contributed by atoms with Crippen LogP contribution in [-0.2, 0) is 0 Å². The van der Waals surface area contributed by atoms with E-state index in [1.807, 2.05) is 30.3 Å². The first kappa shape index (κ1) is 14.5. The third-order valence-corrected chi connectivity index (χ3v) is 4.20. The van der Waals surface area contributed by atoms with Gasteiger partial charge in [0.25, 0.3) is 5.91 Å². The van der Waals surface area contributed by atoms with Crippen LogP contribution in [0.2, 0.25) is 0 Å². The van der Waals surface area contributed by atoms with E-state index in [9.17, 15) is 4.79 Å². The highest BCUT2D eigenvalue weighted by molar-refractivity contribution is 7.12. The van der Waals surface area contributed by atoms with Crippen LogP contribution in [0.4, 0.5) is 0 Å². The fourth-order valence-electron chi connectivity index (χ4n) is 2.08. The van der Waals surface area contributed by atoms with E-state index >= 15 is 0 Å². The summed E-state index contributed by atoms with van der Waals surface area (Å²) in [6.45, 7) is 4.00. The Morgan fingerprint density at radius 1 is 1.59 bits per heavy atom. The van der Waals surface area contributed by atoms with Gasteiger partial charge in [0.15, 0.2) is 0 Å². The van der Waals surface area contributed by atoms with Gasteiger partial charge in [0.2, 0.25) is 0 Å². The van der Waals surface area contributed by atoms with Gasteiger partial charge in [0.05, 0.1) is 4.88 Å². The topological polar surface area (TPSA) is 32.3 Å². The van der Waals surface area contributed by atoms with E-state index in [0.717, 1.165) is 36.4 Å². The molecule has 1 unspecified atom stereocenters. The van der Waals surface area contributed by atoms with Gasteiger partial charge in [-0.2, -0.15) is 0 Å². The van der Waals surface area contributed by atoms with Crippen molar-refractivity contribution in [2.75, 3.05) is 20.1 Å². The van der Waals surface area contributed by atoms with E-state index in [1.54, 1.807) is 0 Å². The lowest BCUT2D eigenvalue weighted by molar-refractivity contribution is 0.0712. The number of likely N-dealkylation sites (N-methyl/N-ethyl adjacent to an activating group) is 1. The lowest BCUT2D eigenvalue weighted by Gasteiger charge is -2.31. The van der Waals surface area contributed by atoms with Crippen LogP contribution in [0.25, 0.3) is 0 Å². The van der Waals surface area contributed by atoms with Crippen LogP contribution in [0.15, 0.2) is 11.4 Å². The zero-order valence-corrected chi connectivity index (χ0v) is 11.9. The van der Waals surface area contributed by atoms with Crippen molar-refractivity contribution in [1.29, 1.82) is 0 Å². The molecule has 1 saturated heterocycles. The molecule has 96 valence electrons. The van der Waals surface area contributed by atoms with E-state index in [0.29, 0.717) is 6.04 Å². The van der Waals surface area contributed by atoms with Crippen LogP contribution in [0.3, 0.4) is 0 Å². The molecule has 2 rings (SSSR count). The molecule has 1 atom stereocenters. The lowest BCUT2D eigenvalue weighted by Crippen LogP contribution is -2.46. The quantitative estimate of drug-likeness (QED) is 0.898. The van der Waals surface area contributed by atoms with Crippen LogP contribution in [0.1, 0.15) is 28.1 Å². The molecule has 1 aliphatic rings. The molecule has 1 N–H and O–H groups in total. The Morgan fingerprint density at radius 3 is 2.88 bits per heavy atom. The normalized spacial score (nSPS) is 19.5. The monoisotopic (exact) mass is 274 g/mol. The van der Waals surface area contributed by atoms with E-state index < -0.39 is 0 Å². The van der Waals surface area contributed by atoms with Crippen molar-refractivity contribution in [2.45, 2.75) is 25.8 Å². The minimum Gasteiger partial charge on any atom is -0.337 e. The zero-order valence-electron chi connectivity index (χ0n) is 10.2. The second-order valence-corrected chi connectivity index (χ2v) is 5.27. The Labute approximate surface area is 113 Å². The van der Waals surface area contributed by atoms with Gasteiger partial charge < -0.3 is 10.2 Å². The summed E-state index contributed by atoms with van der Waals surface area (Å²) in [7, 11) is 1.92. The predicted octanol–water partition coefficient (Wildman–Crippen LogP) is 2.30. The number of nitrogens with one attached hydrogen (secondary N) is 1. The molecule has 1 aromatic heterocycles. The van der Waals surface area contributed by atoms with Gasteiger partial charge in [-0.15, -0.1) is 23.7 Å². The second-order valence-electron chi connectivity index (χ2n) is 4.35. The molecule has 0 aliphatic carbocycles. The average Bonchev–Trinajstić information content (AvgIpc) is 2.75. The number of thiophene rings is 1. The smallest absolute Gasteiger partial charge is 0.264 e. The Morgan fingerprint density at radius 2 is 2.35 bits per heavy atom. The summed E-state index contributed by atoms with van der Waals surface area (Å²) in [5.41, 5.74) is 1.09. The standard InChI is InChI=1S/C12H18N2OS.ClH/c1-9-5-7-16-11(9)12(15)14(2)10-4-3-6-13-8-10;/h5,7,10,13H,3-4,6,8H2,1-2H3;1H. The molecular formula is C12H19ClN2OS. The molecule has 0 aromatic carbocycles. The first-order chi connectivity index (χ1) is 7.70. The Bertz CT molecular complexity index is 374. The number of halogens is 1. The lowest BCUT2D eigenvalue weighted by atomic mass is 10.1. The minimum absolute atomic E-state index is 0. The highest BCUT2D eigenvalue weighted by atomic mass is 35.5. The van der Waals surface area contributed by atoms with Crippen molar-refractivity contribution in [3.05, 3.63) is 21.9 Å². The number of hydrogen-bond acceptors (Lipinski definition) is 3. The first-order valence-corrected chi connectivity index (χ1v) is 6.60. The molecular weight excluding hydrogens is 256 g/mol. The molecule has 2 heterocycles. The molecule has 1 fully saturated rings.